The van der Waals surface area contributed by atoms with Gasteiger partial charge in [-0.25, -0.2) is 0 Å². The Labute approximate surface area is 109 Å². The van der Waals surface area contributed by atoms with Crippen LogP contribution >= 0.6 is 0 Å². The third-order valence-corrected chi connectivity index (χ3v) is 3.66. The van der Waals surface area contributed by atoms with Crippen molar-refractivity contribution >= 4 is 11.5 Å². The molecule has 1 aromatic carbocycles. The maximum atomic E-state index is 7.51. The molecule has 1 atom stereocenters. The van der Waals surface area contributed by atoms with Crippen LogP contribution < -0.4 is 10.6 Å². The molecule has 1 aromatic rings. The summed E-state index contributed by atoms with van der Waals surface area (Å²) >= 11 is 0. The number of aryl methyl sites for hydroxylation is 1. The van der Waals surface area contributed by atoms with Crippen molar-refractivity contribution in [3.05, 3.63) is 29.3 Å². The Morgan fingerprint density at radius 2 is 2.11 bits per heavy atom. The van der Waals surface area contributed by atoms with Crippen molar-refractivity contribution in [1.82, 2.24) is 4.90 Å². The van der Waals surface area contributed by atoms with Crippen LogP contribution in [0.3, 0.4) is 0 Å². The first-order valence-corrected chi connectivity index (χ1v) is 6.39. The van der Waals surface area contributed by atoms with Gasteiger partial charge >= 0.3 is 0 Å². The second-order valence-electron chi connectivity index (χ2n) is 5.22. The second kappa shape index (κ2) is 4.98. The van der Waals surface area contributed by atoms with Crippen molar-refractivity contribution in [3.63, 3.8) is 0 Å². The van der Waals surface area contributed by atoms with Gasteiger partial charge in [-0.05, 0) is 44.7 Å². The Bertz CT molecular complexity index is 455. The zero-order valence-corrected chi connectivity index (χ0v) is 11.4. The summed E-state index contributed by atoms with van der Waals surface area (Å²) in [6.45, 7) is 7.51. The van der Waals surface area contributed by atoms with Gasteiger partial charge in [-0.1, -0.05) is 0 Å². The first-order chi connectivity index (χ1) is 8.49. The molecule has 2 rings (SSSR count). The van der Waals surface area contributed by atoms with Crippen LogP contribution in [-0.4, -0.2) is 43.5 Å². The summed E-state index contributed by atoms with van der Waals surface area (Å²) in [5, 5.41) is 7.51. The first-order valence-electron chi connectivity index (χ1n) is 6.39. The van der Waals surface area contributed by atoms with Gasteiger partial charge in [0.05, 0.1) is 0 Å². The minimum Gasteiger partial charge on any atom is -0.384 e. The molecule has 0 saturated carbocycles. The molecule has 1 fully saturated rings. The lowest BCUT2D eigenvalue weighted by Gasteiger charge is -2.40. The molecule has 18 heavy (non-hydrogen) atoms. The van der Waals surface area contributed by atoms with E-state index < -0.39 is 0 Å². The molecule has 4 heteroatoms. The smallest absolute Gasteiger partial charge is 0.123 e. The van der Waals surface area contributed by atoms with Gasteiger partial charge in [-0.15, -0.1) is 0 Å². The van der Waals surface area contributed by atoms with Crippen LogP contribution in [0.5, 0.6) is 0 Å². The molecular weight excluding hydrogens is 224 g/mol. The van der Waals surface area contributed by atoms with Crippen molar-refractivity contribution in [1.29, 1.82) is 5.41 Å². The van der Waals surface area contributed by atoms with Gasteiger partial charge in [-0.3, -0.25) is 5.41 Å². The lowest BCUT2D eigenvalue weighted by Crippen LogP contribution is -2.50. The number of nitrogens with zero attached hydrogens (tertiary/aromatic N) is 2. The minimum absolute atomic E-state index is 0.144. The molecule has 1 saturated heterocycles. The van der Waals surface area contributed by atoms with E-state index in [4.69, 9.17) is 11.1 Å². The normalized spacial score (nSPS) is 21.1. The van der Waals surface area contributed by atoms with Crippen LogP contribution in [0.1, 0.15) is 18.1 Å². The molecule has 0 aliphatic carbocycles. The largest absolute Gasteiger partial charge is 0.384 e. The highest BCUT2D eigenvalue weighted by Gasteiger charge is 2.21. The van der Waals surface area contributed by atoms with Crippen LogP contribution in [0.4, 0.5) is 5.69 Å². The van der Waals surface area contributed by atoms with Gasteiger partial charge in [0, 0.05) is 36.9 Å². The van der Waals surface area contributed by atoms with Gasteiger partial charge in [0.2, 0.25) is 0 Å². The van der Waals surface area contributed by atoms with Crippen LogP contribution in [0, 0.1) is 12.3 Å². The standard InChI is InChI=1S/C14H22N4/c1-10-8-12(4-5-13(10)14(15)16)18-7-6-17(3)9-11(18)2/h4-5,8,11H,6-7,9H2,1-3H3,(H3,15,16). The fourth-order valence-electron chi connectivity index (χ4n) is 2.65. The Kier molecular flexibility index (Phi) is 3.57. The van der Waals surface area contributed by atoms with Crippen molar-refractivity contribution in [3.8, 4) is 0 Å². The third kappa shape index (κ3) is 2.48. The van der Waals surface area contributed by atoms with E-state index in [2.05, 4.69) is 35.9 Å². The maximum absolute atomic E-state index is 7.51. The van der Waals surface area contributed by atoms with Crippen molar-refractivity contribution in [2.24, 2.45) is 5.73 Å². The Hall–Kier alpha value is -1.55. The molecule has 1 unspecified atom stereocenters. The third-order valence-electron chi connectivity index (χ3n) is 3.66. The summed E-state index contributed by atoms with van der Waals surface area (Å²) in [6.07, 6.45) is 0. The summed E-state index contributed by atoms with van der Waals surface area (Å²) in [5.41, 5.74) is 8.69. The van der Waals surface area contributed by atoms with Crippen molar-refractivity contribution in [2.75, 3.05) is 31.6 Å². The predicted octanol–water partition coefficient (Wildman–Crippen LogP) is 1.42. The summed E-state index contributed by atoms with van der Waals surface area (Å²) < 4.78 is 0. The van der Waals surface area contributed by atoms with Crippen LogP contribution in [0.25, 0.3) is 0 Å². The molecule has 4 nitrogen and oxygen atoms in total. The van der Waals surface area contributed by atoms with Crippen LogP contribution in [-0.2, 0) is 0 Å². The molecule has 1 heterocycles. The topological polar surface area (TPSA) is 56.4 Å². The average molecular weight is 246 g/mol. The Balaban J connectivity index is 2.24. The minimum atomic E-state index is 0.144. The first kappa shape index (κ1) is 12.9. The number of likely N-dealkylation sites (N-methyl/N-ethyl adjacent to an activating group) is 1. The highest BCUT2D eigenvalue weighted by atomic mass is 15.3. The van der Waals surface area contributed by atoms with E-state index in [0.29, 0.717) is 6.04 Å². The van der Waals surface area contributed by atoms with E-state index >= 15 is 0 Å². The summed E-state index contributed by atoms with van der Waals surface area (Å²) in [5.74, 6) is 0.144. The van der Waals surface area contributed by atoms with E-state index in [1.807, 2.05) is 13.0 Å². The quantitative estimate of drug-likeness (QED) is 0.613. The lowest BCUT2D eigenvalue weighted by atomic mass is 10.1. The van der Waals surface area contributed by atoms with Gasteiger partial charge in [0.25, 0.3) is 0 Å². The SMILES string of the molecule is Cc1cc(N2CCN(C)CC2C)ccc1C(=N)N. The monoisotopic (exact) mass is 246 g/mol. The van der Waals surface area contributed by atoms with E-state index in [0.717, 1.165) is 30.8 Å². The number of rotatable bonds is 2. The van der Waals surface area contributed by atoms with Gasteiger partial charge in [-0.2, -0.15) is 0 Å². The highest BCUT2D eigenvalue weighted by molar-refractivity contribution is 5.96. The maximum Gasteiger partial charge on any atom is 0.123 e. The molecule has 0 radical (unpaired) electrons. The molecule has 0 aromatic heterocycles. The van der Waals surface area contributed by atoms with E-state index in [1.165, 1.54) is 5.69 Å². The van der Waals surface area contributed by atoms with Crippen molar-refractivity contribution in [2.45, 2.75) is 19.9 Å². The Morgan fingerprint density at radius 1 is 1.39 bits per heavy atom. The van der Waals surface area contributed by atoms with Gasteiger partial charge in [0.15, 0.2) is 0 Å². The number of nitrogens with one attached hydrogen (secondary N) is 1. The predicted molar refractivity (Wildman–Crippen MR) is 76.5 cm³/mol. The van der Waals surface area contributed by atoms with Crippen LogP contribution in [0.2, 0.25) is 0 Å². The van der Waals surface area contributed by atoms with E-state index in [9.17, 15) is 0 Å². The van der Waals surface area contributed by atoms with E-state index in [1.54, 1.807) is 0 Å². The lowest BCUT2D eigenvalue weighted by molar-refractivity contribution is 0.275. The van der Waals surface area contributed by atoms with E-state index in [-0.39, 0.29) is 5.84 Å². The molecule has 1 aliphatic heterocycles. The molecule has 98 valence electrons. The second-order valence-corrected chi connectivity index (χ2v) is 5.22. The zero-order chi connectivity index (χ0) is 13.3. The molecule has 3 N–H and O–H groups in total. The number of piperazine rings is 1. The number of amidine groups is 1. The number of hydrogen-bond acceptors (Lipinski definition) is 3. The number of benzene rings is 1. The summed E-state index contributed by atoms with van der Waals surface area (Å²) in [6, 6.07) is 6.69. The molecule has 0 amide bonds. The summed E-state index contributed by atoms with van der Waals surface area (Å²) in [4.78, 5) is 4.79. The number of hydrogen-bond donors (Lipinski definition) is 2. The summed E-state index contributed by atoms with van der Waals surface area (Å²) in [7, 11) is 2.16. The van der Waals surface area contributed by atoms with Gasteiger partial charge in [0.1, 0.15) is 5.84 Å². The molecular formula is C14H22N4. The fourth-order valence-corrected chi connectivity index (χ4v) is 2.65. The zero-order valence-electron chi connectivity index (χ0n) is 11.4. The highest BCUT2D eigenvalue weighted by Crippen LogP contribution is 2.23. The fraction of sp³-hybridized carbons (Fsp3) is 0.500. The molecule has 0 spiro atoms. The molecule has 0 bridgehead atoms. The van der Waals surface area contributed by atoms with Gasteiger partial charge < -0.3 is 15.5 Å². The van der Waals surface area contributed by atoms with Crippen molar-refractivity contribution < 1.29 is 0 Å². The Morgan fingerprint density at radius 3 is 2.67 bits per heavy atom. The number of nitrogen functional groups attached to an aromatic ring is 1. The number of anilines is 1. The average Bonchev–Trinajstić information content (AvgIpc) is 2.28. The van der Waals surface area contributed by atoms with Crippen LogP contribution in [0.15, 0.2) is 18.2 Å². The molecule has 1 aliphatic rings. The number of nitrogens with two attached hydrogens (primary N) is 1.